The highest BCUT2D eigenvalue weighted by molar-refractivity contribution is 5.78. The van der Waals surface area contributed by atoms with Gasteiger partial charge in [0.25, 0.3) is 5.91 Å². The molecule has 2 atom stereocenters. The SMILES string of the molecule is Cc1cc(OCC(=O)N(C)C)cc(C)c1-c1ccc(F)c2c1CC[C@H]2Oc1ccc2c(c1)OC[C@H]2CC(=O)O. The van der Waals surface area contributed by atoms with E-state index in [0.717, 1.165) is 33.4 Å². The van der Waals surface area contributed by atoms with E-state index < -0.39 is 12.1 Å². The number of hydrogen-bond donors (Lipinski definition) is 1. The zero-order valence-corrected chi connectivity index (χ0v) is 22.5. The molecule has 1 aliphatic heterocycles. The summed E-state index contributed by atoms with van der Waals surface area (Å²) in [6.45, 7) is 4.27. The van der Waals surface area contributed by atoms with Crippen LogP contribution in [0.3, 0.4) is 0 Å². The van der Waals surface area contributed by atoms with E-state index in [4.69, 9.17) is 19.3 Å². The first-order valence-corrected chi connectivity index (χ1v) is 13.0. The van der Waals surface area contributed by atoms with E-state index in [1.165, 1.54) is 11.0 Å². The third-order valence-corrected chi connectivity index (χ3v) is 7.48. The molecule has 0 aromatic heterocycles. The lowest BCUT2D eigenvalue weighted by Crippen LogP contribution is -2.27. The van der Waals surface area contributed by atoms with E-state index in [1.54, 1.807) is 26.2 Å². The average Bonchev–Trinajstić information content (AvgIpc) is 3.47. The molecule has 3 aromatic carbocycles. The molecule has 8 heteroatoms. The smallest absolute Gasteiger partial charge is 0.304 e. The van der Waals surface area contributed by atoms with Crippen LogP contribution in [0.25, 0.3) is 11.1 Å². The predicted molar refractivity (Wildman–Crippen MR) is 144 cm³/mol. The molecule has 0 fully saturated rings. The normalized spacial score (nSPS) is 17.3. The summed E-state index contributed by atoms with van der Waals surface area (Å²) >= 11 is 0. The largest absolute Gasteiger partial charge is 0.492 e. The van der Waals surface area contributed by atoms with Crippen LogP contribution in [-0.4, -0.2) is 49.2 Å². The van der Waals surface area contributed by atoms with Crippen LogP contribution in [-0.2, 0) is 16.0 Å². The summed E-state index contributed by atoms with van der Waals surface area (Å²) in [5.74, 6) is 0.335. The minimum atomic E-state index is -0.863. The van der Waals surface area contributed by atoms with Gasteiger partial charge in [0.05, 0.1) is 13.0 Å². The van der Waals surface area contributed by atoms with Crippen LogP contribution in [0.15, 0.2) is 42.5 Å². The summed E-state index contributed by atoms with van der Waals surface area (Å²) in [6, 6.07) is 12.6. The number of carboxylic acid groups (broad SMARTS) is 1. The average molecular weight is 534 g/mol. The molecule has 0 radical (unpaired) electrons. The lowest BCUT2D eigenvalue weighted by atomic mass is 9.90. The molecule has 3 aromatic rings. The maximum atomic E-state index is 15.2. The molecular formula is C31H32FNO6. The molecule has 2 aliphatic rings. The molecule has 1 aliphatic carbocycles. The van der Waals surface area contributed by atoms with Gasteiger partial charge in [0, 0.05) is 37.2 Å². The molecule has 204 valence electrons. The van der Waals surface area contributed by atoms with Crippen molar-refractivity contribution >= 4 is 11.9 Å². The fourth-order valence-electron chi connectivity index (χ4n) is 5.61. The van der Waals surface area contributed by atoms with Crippen molar-refractivity contribution in [3.05, 3.63) is 76.1 Å². The van der Waals surface area contributed by atoms with Gasteiger partial charge in [-0.15, -0.1) is 0 Å². The quantitative estimate of drug-likeness (QED) is 0.406. The van der Waals surface area contributed by atoms with Crippen LogP contribution >= 0.6 is 0 Å². The second-order valence-electron chi connectivity index (χ2n) is 10.4. The zero-order chi connectivity index (χ0) is 27.8. The van der Waals surface area contributed by atoms with Gasteiger partial charge >= 0.3 is 5.97 Å². The van der Waals surface area contributed by atoms with E-state index in [1.807, 2.05) is 38.1 Å². The minimum Gasteiger partial charge on any atom is -0.492 e. The minimum absolute atomic E-state index is 0.0112. The molecule has 1 heterocycles. The van der Waals surface area contributed by atoms with Crippen LogP contribution in [0.1, 0.15) is 52.7 Å². The van der Waals surface area contributed by atoms with Crippen molar-refractivity contribution in [3.63, 3.8) is 0 Å². The topological polar surface area (TPSA) is 85.3 Å². The van der Waals surface area contributed by atoms with Gasteiger partial charge in [-0.25, -0.2) is 4.39 Å². The molecule has 39 heavy (non-hydrogen) atoms. The van der Waals surface area contributed by atoms with Crippen molar-refractivity contribution in [1.82, 2.24) is 4.90 Å². The number of likely N-dealkylation sites (N-methyl/N-ethyl adjacent to an activating group) is 1. The Labute approximate surface area is 227 Å². The molecule has 1 N–H and O–H groups in total. The number of nitrogens with zero attached hydrogens (tertiary/aromatic N) is 1. The summed E-state index contributed by atoms with van der Waals surface area (Å²) in [4.78, 5) is 24.6. The van der Waals surface area contributed by atoms with Crippen LogP contribution in [0, 0.1) is 19.7 Å². The van der Waals surface area contributed by atoms with Gasteiger partial charge in [0.2, 0.25) is 0 Å². The highest BCUT2D eigenvalue weighted by atomic mass is 19.1. The Morgan fingerprint density at radius 3 is 2.51 bits per heavy atom. The van der Waals surface area contributed by atoms with Crippen molar-refractivity contribution in [2.24, 2.45) is 0 Å². The van der Waals surface area contributed by atoms with Gasteiger partial charge in [-0.3, -0.25) is 9.59 Å². The van der Waals surface area contributed by atoms with Crippen molar-refractivity contribution in [3.8, 4) is 28.4 Å². The Hall–Kier alpha value is -4.07. The first-order chi connectivity index (χ1) is 18.6. The van der Waals surface area contributed by atoms with Crippen molar-refractivity contribution in [1.29, 1.82) is 0 Å². The van der Waals surface area contributed by atoms with Crippen LogP contribution in [0.2, 0.25) is 0 Å². The van der Waals surface area contributed by atoms with E-state index in [2.05, 4.69) is 0 Å². The maximum Gasteiger partial charge on any atom is 0.304 e. The third-order valence-electron chi connectivity index (χ3n) is 7.48. The summed E-state index contributed by atoms with van der Waals surface area (Å²) in [5, 5.41) is 9.14. The van der Waals surface area contributed by atoms with Crippen LogP contribution < -0.4 is 14.2 Å². The Morgan fingerprint density at radius 1 is 1.08 bits per heavy atom. The molecule has 0 bridgehead atoms. The molecule has 0 saturated carbocycles. The number of ether oxygens (including phenoxy) is 3. The Balaban J connectivity index is 1.40. The lowest BCUT2D eigenvalue weighted by molar-refractivity contribution is -0.137. The third kappa shape index (κ3) is 5.28. The summed E-state index contributed by atoms with van der Waals surface area (Å²) in [7, 11) is 3.38. The number of aliphatic carboxylic acids is 1. The number of carbonyl (C=O) groups is 2. The predicted octanol–water partition coefficient (Wildman–Crippen LogP) is 5.59. The number of rotatable bonds is 8. The fraction of sp³-hybridized carbons (Fsp3) is 0.355. The maximum absolute atomic E-state index is 15.2. The lowest BCUT2D eigenvalue weighted by Gasteiger charge is -2.19. The fourth-order valence-corrected chi connectivity index (χ4v) is 5.61. The van der Waals surface area contributed by atoms with Gasteiger partial charge in [-0.2, -0.15) is 0 Å². The van der Waals surface area contributed by atoms with E-state index in [9.17, 15) is 9.59 Å². The number of amides is 1. The monoisotopic (exact) mass is 533 g/mol. The van der Waals surface area contributed by atoms with Gasteiger partial charge in [0.1, 0.15) is 29.2 Å². The Bertz CT molecular complexity index is 1430. The summed E-state index contributed by atoms with van der Waals surface area (Å²) in [6.07, 6.45) is 0.866. The van der Waals surface area contributed by atoms with Gasteiger partial charge < -0.3 is 24.2 Å². The van der Waals surface area contributed by atoms with E-state index in [-0.39, 0.29) is 30.7 Å². The Morgan fingerprint density at radius 2 is 1.82 bits per heavy atom. The van der Waals surface area contributed by atoms with Crippen molar-refractivity contribution < 1.29 is 33.3 Å². The second kappa shape index (κ2) is 10.6. The highest BCUT2D eigenvalue weighted by Crippen LogP contribution is 2.45. The number of fused-ring (bicyclic) bond motifs is 2. The molecular weight excluding hydrogens is 501 g/mol. The zero-order valence-electron chi connectivity index (χ0n) is 22.5. The number of halogens is 1. The first-order valence-electron chi connectivity index (χ1n) is 13.0. The Kier molecular flexibility index (Phi) is 7.21. The van der Waals surface area contributed by atoms with Crippen molar-refractivity contribution in [2.75, 3.05) is 27.3 Å². The summed E-state index contributed by atoms with van der Waals surface area (Å²) < 4.78 is 32.9. The highest BCUT2D eigenvalue weighted by Gasteiger charge is 2.32. The standard InChI is InChI=1S/C31H32FNO6/c1-17-11-21(37-16-28(34)33(3)4)12-18(2)30(17)23-7-9-25(32)31-24(23)8-10-26(31)39-20-5-6-22-19(13-29(35)36)15-38-27(22)14-20/h5-7,9,11-12,14,19,26H,8,10,13,15-16H2,1-4H3,(H,35,36)/t19-,26-/m1/s1. The molecule has 1 amide bonds. The molecule has 0 spiro atoms. The van der Waals surface area contributed by atoms with Crippen LogP contribution in [0.4, 0.5) is 4.39 Å². The van der Waals surface area contributed by atoms with Crippen LogP contribution in [0.5, 0.6) is 17.2 Å². The molecule has 7 nitrogen and oxygen atoms in total. The molecule has 5 rings (SSSR count). The number of carboxylic acids is 1. The molecule has 0 saturated heterocycles. The molecule has 0 unspecified atom stereocenters. The summed E-state index contributed by atoms with van der Waals surface area (Å²) in [5.41, 5.74) is 6.30. The number of hydrogen-bond acceptors (Lipinski definition) is 5. The number of benzene rings is 3. The second-order valence-corrected chi connectivity index (χ2v) is 10.4. The van der Waals surface area contributed by atoms with Gasteiger partial charge in [0.15, 0.2) is 6.61 Å². The van der Waals surface area contributed by atoms with E-state index >= 15 is 4.39 Å². The van der Waals surface area contributed by atoms with Gasteiger partial charge in [-0.1, -0.05) is 12.1 Å². The number of aryl methyl sites for hydroxylation is 2. The first kappa shape index (κ1) is 26.5. The van der Waals surface area contributed by atoms with Gasteiger partial charge in [-0.05, 0) is 78.8 Å². The van der Waals surface area contributed by atoms with Crippen molar-refractivity contribution in [2.45, 2.75) is 45.1 Å². The van der Waals surface area contributed by atoms with E-state index in [0.29, 0.717) is 42.3 Å². The number of carbonyl (C=O) groups excluding carboxylic acids is 1.